The second-order valence-corrected chi connectivity index (χ2v) is 6.63. The Hall–Kier alpha value is -2.53. The van der Waals surface area contributed by atoms with Crippen LogP contribution in [0.4, 0.5) is 5.69 Å². The molecule has 0 radical (unpaired) electrons. The lowest BCUT2D eigenvalue weighted by Crippen LogP contribution is -2.15. The van der Waals surface area contributed by atoms with Gasteiger partial charge in [-0.15, -0.1) is 0 Å². The Morgan fingerprint density at radius 2 is 2.08 bits per heavy atom. The van der Waals surface area contributed by atoms with E-state index in [-0.39, 0.29) is 5.91 Å². The number of benzene rings is 1. The summed E-state index contributed by atoms with van der Waals surface area (Å²) in [6, 6.07) is 5.39. The maximum absolute atomic E-state index is 12.6. The highest BCUT2D eigenvalue weighted by molar-refractivity contribution is 6.38. The van der Waals surface area contributed by atoms with E-state index in [1.165, 1.54) is 0 Å². The largest absolute Gasteiger partial charge is 0.366 e. The Kier molecular flexibility index (Phi) is 3.28. The lowest BCUT2D eigenvalue weighted by molar-refractivity contribution is -0.110. The number of aromatic amines is 1. The van der Waals surface area contributed by atoms with Crippen molar-refractivity contribution in [1.29, 1.82) is 0 Å². The molecule has 2 amide bonds. The van der Waals surface area contributed by atoms with Gasteiger partial charge >= 0.3 is 0 Å². The molecule has 0 unspecified atom stereocenters. The van der Waals surface area contributed by atoms with Crippen molar-refractivity contribution < 1.29 is 9.59 Å². The molecule has 2 heterocycles. The molecule has 4 N–H and O–H groups in total. The van der Waals surface area contributed by atoms with E-state index in [1.807, 2.05) is 13.0 Å². The number of nitrogens with two attached hydrogens (primary N) is 1. The number of nitrogens with one attached hydrogen (secondary N) is 2. The van der Waals surface area contributed by atoms with Crippen LogP contribution >= 0.6 is 11.6 Å². The number of anilines is 1. The molecule has 1 aliphatic carbocycles. The number of halogens is 1. The van der Waals surface area contributed by atoms with Crippen LogP contribution in [0.2, 0.25) is 5.02 Å². The molecule has 5 nitrogen and oxygen atoms in total. The highest BCUT2D eigenvalue weighted by Gasteiger charge is 2.32. The van der Waals surface area contributed by atoms with Crippen molar-refractivity contribution in [3.63, 3.8) is 0 Å². The first-order valence-electron chi connectivity index (χ1n) is 7.83. The van der Waals surface area contributed by atoms with E-state index in [1.54, 1.807) is 12.1 Å². The third kappa shape index (κ3) is 2.08. The Labute approximate surface area is 143 Å². The first-order valence-corrected chi connectivity index (χ1v) is 8.21. The average Bonchev–Trinajstić information content (AvgIpc) is 3.01. The molecule has 2 aromatic rings. The van der Waals surface area contributed by atoms with E-state index in [0.29, 0.717) is 16.2 Å². The molecule has 24 heavy (non-hydrogen) atoms. The number of allylic oxidation sites excluding steroid dienone is 1. The van der Waals surface area contributed by atoms with Crippen LogP contribution in [0.15, 0.2) is 18.2 Å². The Balaban J connectivity index is 1.97. The van der Waals surface area contributed by atoms with Gasteiger partial charge in [-0.1, -0.05) is 17.7 Å². The van der Waals surface area contributed by atoms with Crippen LogP contribution in [-0.4, -0.2) is 16.8 Å². The van der Waals surface area contributed by atoms with Gasteiger partial charge in [-0.2, -0.15) is 0 Å². The molecule has 0 saturated carbocycles. The van der Waals surface area contributed by atoms with Gasteiger partial charge in [-0.05, 0) is 49.5 Å². The fourth-order valence-electron chi connectivity index (χ4n) is 3.78. The summed E-state index contributed by atoms with van der Waals surface area (Å²) in [5.74, 6) is -0.567. The predicted octanol–water partition coefficient (Wildman–Crippen LogP) is 3.27. The predicted molar refractivity (Wildman–Crippen MR) is 93.9 cm³/mol. The molecule has 6 heteroatoms. The molecule has 1 aromatic heterocycles. The van der Waals surface area contributed by atoms with Crippen LogP contribution in [0.25, 0.3) is 11.1 Å². The van der Waals surface area contributed by atoms with Crippen LogP contribution in [0.3, 0.4) is 0 Å². The van der Waals surface area contributed by atoms with Crippen molar-refractivity contribution in [3.05, 3.63) is 51.3 Å². The summed E-state index contributed by atoms with van der Waals surface area (Å²) in [5, 5.41) is 3.45. The van der Waals surface area contributed by atoms with Gasteiger partial charge in [-0.25, -0.2) is 0 Å². The molecule has 0 spiro atoms. The number of carbonyl (C=O) groups is 2. The second kappa shape index (κ2) is 5.24. The monoisotopic (exact) mass is 341 g/mol. The van der Waals surface area contributed by atoms with Crippen molar-refractivity contribution in [2.24, 2.45) is 5.73 Å². The lowest BCUT2D eigenvalue weighted by Gasteiger charge is -2.18. The van der Waals surface area contributed by atoms with Gasteiger partial charge in [0.1, 0.15) is 0 Å². The van der Waals surface area contributed by atoms with Crippen molar-refractivity contribution >= 4 is 40.2 Å². The number of aryl methyl sites for hydroxylation is 1. The molecular formula is C18H16ClN3O2. The lowest BCUT2D eigenvalue weighted by atomic mass is 9.86. The molecule has 2 aliphatic rings. The highest BCUT2D eigenvalue weighted by Crippen LogP contribution is 2.43. The summed E-state index contributed by atoms with van der Waals surface area (Å²) in [7, 11) is 0. The summed E-state index contributed by atoms with van der Waals surface area (Å²) in [6.45, 7) is 1.84. The van der Waals surface area contributed by atoms with Gasteiger partial charge in [0.25, 0.3) is 11.8 Å². The van der Waals surface area contributed by atoms with Gasteiger partial charge < -0.3 is 16.0 Å². The first kappa shape index (κ1) is 15.0. The zero-order valence-electron chi connectivity index (χ0n) is 13.1. The Morgan fingerprint density at radius 3 is 2.83 bits per heavy atom. The second-order valence-electron chi connectivity index (χ2n) is 6.19. The molecule has 0 atom stereocenters. The average molecular weight is 342 g/mol. The van der Waals surface area contributed by atoms with E-state index in [9.17, 15) is 9.59 Å². The van der Waals surface area contributed by atoms with Crippen molar-refractivity contribution in [1.82, 2.24) is 4.98 Å². The number of hydrogen-bond acceptors (Lipinski definition) is 2. The zero-order valence-corrected chi connectivity index (χ0v) is 13.9. The van der Waals surface area contributed by atoms with Crippen LogP contribution in [-0.2, 0) is 11.2 Å². The van der Waals surface area contributed by atoms with Gasteiger partial charge in [-0.3, -0.25) is 9.59 Å². The quantitative estimate of drug-likeness (QED) is 0.695. The van der Waals surface area contributed by atoms with E-state index in [2.05, 4.69) is 10.3 Å². The van der Waals surface area contributed by atoms with Gasteiger partial charge in [0, 0.05) is 22.0 Å². The van der Waals surface area contributed by atoms with Crippen LogP contribution in [0.5, 0.6) is 0 Å². The van der Waals surface area contributed by atoms with Crippen LogP contribution < -0.4 is 11.1 Å². The summed E-state index contributed by atoms with van der Waals surface area (Å²) in [5.41, 5.74) is 11.8. The summed E-state index contributed by atoms with van der Waals surface area (Å²) in [6.07, 6.45) is 2.43. The minimum absolute atomic E-state index is 0.136. The number of primary amides is 1. The number of amides is 2. The van der Waals surface area contributed by atoms with E-state index < -0.39 is 5.91 Å². The number of carbonyl (C=O) groups excluding carboxylic acids is 2. The summed E-state index contributed by atoms with van der Waals surface area (Å²) >= 11 is 6.02. The summed E-state index contributed by atoms with van der Waals surface area (Å²) in [4.78, 5) is 27.6. The molecule has 4 rings (SSSR count). The molecule has 1 aromatic carbocycles. The van der Waals surface area contributed by atoms with Gasteiger partial charge in [0.2, 0.25) is 0 Å². The highest BCUT2D eigenvalue weighted by atomic mass is 35.5. The smallest absolute Gasteiger partial charge is 0.256 e. The normalized spacial score (nSPS) is 19.0. The fraction of sp³-hybridized carbons (Fsp3) is 0.222. The number of aromatic nitrogens is 1. The number of rotatable bonds is 1. The Bertz CT molecular complexity index is 940. The van der Waals surface area contributed by atoms with Gasteiger partial charge in [0.05, 0.1) is 16.8 Å². The molecule has 0 saturated heterocycles. The van der Waals surface area contributed by atoms with Crippen molar-refractivity contribution in [3.8, 4) is 0 Å². The minimum atomic E-state index is -0.431. The van der Waals surface area contributed by atoms with E-state index >= 15 is 0 Å². The maximum atomic E-state index is 12.6. The Morgan fingerprint density at radius 1 is 1.29 bits per heavy atom. The van der Waals surface area contributed by atoms with E-state index in [0.717, 1.165) is 53.0 Å². The molecule has 0 bridgehead atoms. The minimum Gasteiger partial charge on any atom is -0.366 e. The molecule has 1 aliphatic heterocycles. The summed E-state index contributed by atoms with van der Waals surface area (Å²) < 4.78 is 0. The SMILES string of the molecule is Cc1[nH]c2c(c1C(N)=O)CCC/C2=C1/C(=O)Nc2cc(Cl)ccc21. The third-order valence-corrected chi connectivity index (χ3v) is 4.96. The van der Waals surface area contributed by atoms with Crippen LogP contribution in [0, 0.1) is 6.92 Å². The third-order valence-electron chi connectivity index (χ3n) is 4.72. The topological polar surface area (TPSA) is 88.0 Å². The van der Waals surface area contributed by atoms with Crippen molar-refractivity contribution in [2.75, 3.05) is 5.32 Å². The standard InChI is InChI=1S/C18H16ClN3O2/c1-8-14(17(20)23)11-3-2-4-12(16(11)21-8)15-10-6-5-9(19)7-13(10)22-18(15)24/h5-7,21H,2-4H2,1H3,(H2,20,23)(H,22,24)/b15-12-. The van der Waals surface area contributed by atoms with Gasteiger partial charge in [0.15, 0.2) is 0 Å². The first-order chi connectivity index (χ1) is 11.5. The van der Waals surface area contributed by atoms with E-state index in [4.69, 9.17) is 17.3 Å². The number of H-pyrrole nitrogens is 1. The number of hydrogen-bond donors (Lipinski definition) is 3. The maximum Gasteiger partial charge on any atom is 0.256 e. The fourth-order valence-corrected chi connectivity index (χ4v) is 3.95. The van der Waals surface area contributed by atoms with Crippen molar-refractivity contribution in [2.45, 2.75) is 26.2 Å². The van der Waals surface area contributed by atoms with Crippen LogP contribution in [0.1, 0.15) is 45.7 Å². The number of fused-ring (bicyclic) bond motifs is 2. The molecule has 0 fully saturated rings. The zero-order chi connectivity index (χ0) is 17.0. The molecular weight excluding hydrogens is 326 g/mol. The molecule has 122 valence electrons.